The quantitative estimate of drug-likeness (QED) is 0.809. The Labute approximate surface area is 159 Å². The summed E-state index contributed by atoms with van der Waals surface area (Å²) in [5.74, 6) is 0.759. The van der Waals surface area contributed by atoms with Crippen LogP contribution in [0.25, 0.3) is 5.69 Å². The molecule has 1 N–H and O–H groups in total. The molecule has 27 heavy (non-hydrogen) atoms. The minimum absolute atomic E-state index is 0.117. The van der Waals surface area contributed by atoms with Crippen molar-refractivity contribution in [2.75, 3.05) is 45.2 Å². The minimum atomic E-state index is -0.269. The molecule has 0 amide bonds. The number of aromatic nitrogens is 4. The maximum absolute atomic E-state index is 10.5. The number of hydrogen-bond donors (Lipinski definition) is 1. The van der Waals surface area contributed by atoms with Crippen LogP contribution >= 0.6 is 0 Å². The van der Waals surface area contributed by atoms with Gasteiger partial charge in [0.25, 0.3) is 0 Å². The molecular formula is C19H28N6O2. The summed E-state index contributed by atoms with van der Waals surface area (Å²) in [5, 5.41) is 22.8. The monoisotopic (exact) mass is 372 g/mol. The molecule has 0 radical (unpaired) electrons. The van der Waals surface area contributed by atoms with Crippen molar-refractivity contribution in [3.8, 4) is 5.69 Å². The van der Waals surface area contributed by atoms with Gasteiger partial charge in [0.2, 0.25) is 5.95 Å². The number of nitrogens with zero attached hydrogens (tertiary/aromatic N) is 6. The molecule has 2 aromatic rings. The molecule has 1 aromatic heterocycles. The van der Waals surface area contributed by atoms with Crippen LogP contribution < -0.4 is 4.90 Å². The molecule has 0 unspecified atom stereocenters. The summed E-state index contributed by atoms with van der Waals surface area (Å²) in [6, 6.07) is 9.93. The van der Waals surface area contributed by atoms with Crippen LogP contribution in [-0.2, 0) is 4.74 Å². The summed E-state index contributed by atoms with van der Waals surface area (Å²) >= 11 is 0. The van der Waals surface area contributed by atoms with Crippen LogP contribution in [0.15, 0.2) is 30.3 Å². The van der Waals surface area contributed by atoms with Crippen molar-refractivity contribution < 1.29 is 9.84 Å². The first-order chi connectivity index (χ1) is 13.1. The number of anilines is 1. The van der Waals surface area contributed by atoms with Gasteiger partial charge in [-0.25, -0.2) is 0 Å². The number of likely N-dealkylation sites (N-methyl/N-ethyl adjacent to an activating group) is 1. The van der Waals surface area contributed by atoms with E-state index in [1.165, 1.54) is 0 Å². The van der Waals surface area contributed by atoms with Gasteiger partial charge in [-0.15, -0.1) is 0 Å². The Morgan fingerprint density at radius 3 is 2.63 bits per heavy atom. The van der Waals surface area contributed by atoms with Gasteiger partial charge in [0.15, 0.2) is 0 Å². The Morgan fingerprint density at radius 1 is 1.22 bits per heavy atom. The second kappa shape index (κ2) is 7.53. The Hall–Kier alpha value is -2.03. The van der Waals surface area contributed by atoms with Gasteiger partial charge >= 0.3 is 0 Å². The topological polar surface area (TPSA) is 79.5 Å². The number of aliphatic hydroxyl groups is 1. The molecule has 1 spiro atoms. The van der Waals surface area contributed by atoms with E-state index in [9.17, 15) is 5.11 Å². The fraction of sp³-hybridized carbons (Fsp3) is 0.632. The first kappa shape index (κ1) is 18.3. The molecule has 2 fully saturated rings. The summed E-state index contributed by atoms with van der Waals surface area (Å²) < 4.78 is 7.88. The lowest BCUT2D eigenvalue weighted by Gasteiger charge is -2.56. The predicted molar refractivity (Wildman–Crippen MR) is 102 cm³/mol. The van der Waals surface area contributed by atoms with Crippen LogP contribution in [-0.4, -0.2) is 82.8 Å². The minimum Gasteiger partial charge on any atom is -0.392 e. The number of hydrogen-bond acceptors (Lipinski definition) is 7. The molecule has 8 nitrogen and oxygen atoms in total. The largest absolute Gasteiger partial charge is 0.392 e. The fourth-order valence-corrected chi connectivity index (χ4v) is 4.23. The summed E-state index contributed by atoms with van der Waals surface area (Å²) in [4.78, 5) is 4.33. The first-order valence-corrected chi connectivity index (χ1v) is 9.63. The number of para-hydroxylation sites is 1. The van der Waals surface area contributed by atoms with Gasteiger partial charge in [-0.1, -0.05) is 23.3 Å². The maximum Gasteiger partial charge on any atom is 0.250 e. The van der Waals surface area contributed by atoms with E-state index in [4.69, 9.17) is 4.74 Å². The zero-order valence-corrected chi connectivity index (χ0v) is 16.0. The third-order valence-corrected chi connectivity index (χ3v) is 6.03. The molecule has 1 saturated carbocycles. The van der Waals surface area contributed by atoms with Crippen molar-refractivity contribution in [3.05, 3.63) is 30.3 Å². The number of ether oxygens (including phenoxy) is 1. The summed E-state index contributed by atoms with van der Waals surface area (Å²) in [6.45, 7) is 3.25. The van der Waals surface area contributed by atoms with Crippen molar-refractivity contribution in [1.29, 1.82) is 0 Å². The highest BCUT2D eigenvalue weighted by molar-refractivity contribution is 5.41. The standard InChI is InChI=1S/C19H28N6O2/c1-23(2)12-13-27-17-14-16(26)19(17)8-10-24(11-9-19)18-20-21-22-25(18)15-6-4-3-5-7-15/h3-7,16-17,26H,8-14H2,1-2H3/t16-,17+/m0/s1. The molecule has 2 atom stereocenters. The normalized spacial score (nSPS) is 24.4. The van der Waals surface area contributed by atoms with E-state index in [0.29, 0.717) is 6.61 Å². The van der Waals surface area contributed by atoms with Crippen molar-refractivity contribution >= 4 is 5.95 Å². The zero-order chi connectivity index (χ0) is 18.9. The highest BCUT2D eigenvalue weighted by Gasteiger charge is 2.56. The van der Waals surface area contributed by atoms with Gasteiger partial charge in [-0.05, 0) is 49.5 Å². The lowest BCUT2D eigenvalue weighted by atomic mass is 9.58. The lowest BCUT2D eigenvalue weighted by molar-refractivity contribution is -0.202. The molecule has 1 saturated heterocycles. The van der Waals surface area contributed by atoms with E-state index in [1.807, 2.05) is 44.4 Å². The Bertz CT molecular complexity index is 742. The van der Waals surface area contributed by atoms with E-state index in [0.717, 1.165) is 50.5 Å². The molecule has 1 aliphatic heterocycles. The number of piperidine rings is 1. The molecule has 1 aliphatic carbocycles. The first-order valence-electron chi connectivity index (χ1n) is 9.63. The van der Waals surface area contributed by atoms with E-state index >= 15 is 0 Å². The zero-order valence-electron chi connectivity index (χ0n) is 16.0. The molecule has 146 valence electrons. The second-order valence-corrected chi connectivity index (χ2v) is 7.86. The third-order valence-electron chi connectivity index (χ3n) is 6.03. The Morgan fingerprint density at radius 2 is 1.96 bits per heavy atom. The molecular weight excluding hydrogens is 344 g/mol. The van der Waals surface area contributed by atoms with Crippen LogP contribution in [0.3, 0.4) is 0 Å². The number of benzene rings is 1. The van der Waals surface area contributed by atoms with E-state index < -0.39 is 0 Å². The summed E-state index contributed by atoms with van der Waals surface area (Å²) in [6.07, 6.45) is 2.41. The summed E-state index contributed by atoms with van der Waals surface area (Å²) in [5.41, 5.74) is 0.833. The van der Waals surface area contributed by atoms with Crippen LogP contribution in [0, 0.1) is 5.41 Å². The van der Waals surface area contributed by atoms with Gasteiger partial charge in [0, 0.05) is 31.5 Å². The lowest BCUT2D eigenvalue weighted by Crippen LogP contribution is -2.62. The molecule has 2 aliphatic rings. The Balaban J connectivity index is 1.41. The van der Waals surface area contributed by atoms with E-state index in [2.05, 4.69) is 25.3 Å². The van der Waals surface area contributed by atoms with Crippen molar-refractivity contribution in [2.45, 2.75) is 31.5 Å². The fourth-order valence-electron chi connectivity index (χ4n) is 4.23. The smallest absolute Gasteiger partial charge is 0.250 e. The average Bonchev–Trinajstić information content (AvgIpc) is 3.18. The second-order valence-electron chi connectivity index (χ2n) is 7.86. The van der Waals surface area contributed by atoms with E-state index in [-0.39, 0.29) is 17.6 Å². The number of rotatable bonds is 6. The SMILES string of the molecule is CN(C)CCO[C@@H]1C[C@H](O)C12CCN(c1nnnn1-c1ccccc1)CC2. The molecule has 0 bridgehead atoms. The van der Waals surface area contributed by atoms with Crippen molar-refractivity contribution in [2.24, 2.45) is 5.41 Å². The van der Waals surface area contributed by atoms with Crippen molar-refractivity contribution in [3.63, 3.8) is 0 Å². The Kier molecular flexibility index (Phi) is 5.12. The third kappa shape index (κ3) is 3.44. The maximum atomic E-state index is 10.5. The van der Waals surface area contributed by atoms with Gasteiger partial charge in [-0.2, -0.15) is 4.68 Å². The molecule has 1 aromatic carbocycles. The van der Waals surface area contributed by atoms with Crippen LogP contribution in [0.4, 0.5) is 5.95 Å². The highest BCUT2D eigenvalue weighted by Crippen LogP contribution is 2.51. The van der Waals surface area contributed by atoms with E-state index in [1.54, 1.807) is 4.68 Å². The molecule has 2 heterocycles. The van der Waals surface area contributed by atoms with Gasteiger partial charge in [0.05, 0.1) is 24.5 Å². The van der Waals surface area contributed by atoms with Crippen LogP contribution in [0.1, 0.15) is 19.3 Å². The average molecular weight is 372 g/mol. The number of tetrazole rings is 1. The van der Waals surface area contributed by atoms with Crippen LogP contribution in [0.2, 0.25) is 0 Å². The van der Waals surface area contributed by atoms with Crippen molar-refractivity contribution in [1.82, 2.24) is 25.1 Å². The number of aliphatic hydroxyl groups excluding tert-OH is 1. The van der Waals surface area contributed by atoms with Gasteiger partial charge in [0.1, 0.15) is 0 Å². The predicted octanol–water partition coefficient (Wildman–Crippen LogP) is 0.960. The highest BCUT2D eigenvalue weighted by atomic mass is 16.5. The van der Waals surface area contributed by atoms with Gasteiger partial charge < -0.3 is 19.6 Å². The molecule has 4 rings (SSSR count). The van der Waals surface area contributed by atoms with Crippen LogP contribution in [0.5, 0.6) is 0 Å². The van der Waals surface area contributed by atoms with Gasteiger partial charge in [-0.3, -0.25) is 0 Å². The summed E-state index contributed by atoms with van der Waals surface area (Å²) in [7, 11) is 4.09. The molecule has 8 heteroatoms.